The molecule has 0 aromatic heterocycles. The molecule has 0 spiro atoms. The number of nitrogens with one attached hydrogen (secondary N) is 1. The van der Waals surface area contributed by atoms with Crippen molar-refractivity contribution < 1.29 is 18.0 Å². The molecule has 2 amide bonds. The summed E-state index contributed by atoms with van der Waals surface area (Å²) in [5.41, 5.74) is 2.93. The van der Waals surface area contributed by atoms with Crippen LogP contribution >= 0.6 is 11.6 Å². The molecule has 43 heavy (non-hydrogen) atoms. The molecular weight excluding hydrogens is 582 g/mol. The summed E-state index contributed by atoms with van der Waals surface area (Å²) in [4.78, 5) is 29.6. The fourth-order valence-corrected chi connectivity index (χ4v) is 7.40. The summed E-state index contributed by atoms with van der Waals surface area (Å²) in [7, 11) is -4.14. The van der Waals surface area contributed by atoms with Crippen molar-refractivity contribution in [2.24, 2.45) is 0 Å². The van der Waals surface area contributed by atoms with Crippen molar-refractivity contribution in [1.29, 1.82) is 0 Å². The van der Waals surface area contributed by atoms with Crippen LogP contribution in [0.4, 0.5) is 5.69 Å². The molecule has 1 N–H and O–H groups in total. The van der Waals surface area contributed by atoms with Gasteiger partial charge in [-0.1, -0.05) is 85.8 Å². The molecule has 1 aliphatic rings. The summed E-state index contributed by atoms with van der Waals surface area (Å²) < 4.78 is 29.3. The molecule has 0 radical (unpaired) electrons. The lowest BCUT2D eigenvalue weighted by Crippen LogP contribution is -2.54. The van der Waals surface area contributed by atoms with Gasteiger partial charge in [0, 0.05) is 17.6 Å². The largest absolute Gasteiger partial charge is 0.352 e. The average Bonchev–Trinajstić information content (AvgIpc) is 2.99. The zero-order valence-electron chi connectivity index (χ0n) is 25.3. The van der Waals surface area contributed by atoms with E-state index >= 15 is 0 Å². The van der Waals surface area contributed by atoms with E-state index in [2.05, 4.69) is 5.32 Å². The summed E-state index contributed by atoms with van der Waals surface area (Å²) in [5, 5.41) is 3.65. The highest BCUT2D eigenvalue weighted by Gasteiger charge is 2.34. The van der Waals surface area contributed by atoms with Gasteiger partial charge in [-0.2, -0.15) is 0 Å². The molecule has 0 aliphatic heterocycles. The molecule has 3 aromatic rings. The van der Waals surface area contributed by atoms with E-state index in [1.807, 2.05) is 44.2 Å². The molecule has 0 saturated heterocycles. The molecule has 3 aromatic carbocycles. The van der Waals surface area contributed by atoms with E-state index in [0.29, 0.717) is 29.1 Å². The number of aryl methyl sites for hydroxylation is 2. The Morgan fingerprint density at radius 3 is 2.26 bits per heavy atom. The normalized spacial score (nSPS) is 14.6. The predicted molar refractivity (Wildman–Crippen MR) is 173 cm³/mol. The Kier molecular flexibility index (Phi) is 11.3. The van der Waals surface area contributed by atoms with Crippen LogP contribution in [0.15, 0.2) is 77.7 Å². The molecule has 0 heterocycles. The minimum absolute atomic E-state index is 0.0816. The number of carbonyl (C=O) groups excluding carboxylic acids is 2. The number of benzene rings is 3. The van der Waals surface area contributed by atoms with E-state index in [9.17, 15) is 18.0 Å². The van der Waals surface area contributed by atoms with Gasteiger partial charge in [-0.3, -0.25) is 13.9 Å². The number of sulfonamides is 1. The number of rotatable bonds is 12. The molecule has 7 nitrogen and oxygen atoms in total. The molecule has 0 bridgehead atoms. The van der Waals surface area contributed by atoms with Gasteiger partial charge >= 0.3 is 0 Å². The first-order chi connectivity index (χ1) is 20.6. The van der Waals surface area contributed by atoms with Crippen molar-refractivity contribution >= 4 is 39.1 Å². The maximum Gasteiger partial charge on any atom is 0.264 e. The Hall–Kier alpha value is -3.36. The first-order valence-corrected chi connectivity index (χ1v) is 16.9. The number of nitrogens with zero attached hydrogens (tertiary/aromatic N) is 2. The lowest BCUT2D eigenvalue weighted by Gasteiger charge is -2.34. The molecule has 9 heteroatoms. The molecule has 1 atom stereocenters. The Balaban J connectivity index is 1.69. The fraction of sp³-hybridized carbons (Fsp3) is 0.412. The topological polar surface area (TPSA) is 86.8 Å². The van der Waals surface area contributed by atoms with Gasteiger partial charge in [-0.15, -0.1) is 0 Å². The smallest absolute Gasteiger partial charge is 0.264 e. The second-order valence-electron chi connectivity index (χ2n) is 11.3. The van der Waals surface area contributed by atoms with E-state index < -0.39 is 28.5 Å². The van der Waals surface area contributed by atoms with Gasteiger partial charge < -0.3 is 10.2 Å². The van der Waals surface area contributed by atoms with Gasteiger partial charge in [0.1, 0.15) is 12.6 Å². The molecule has 1 fully saturated rings. The third kappa shape index (κ3) is 8.39. The fourth-order valence-electron chi connectivity index (χ4n) is 5.69. The monoisotopic (exact) mass is 623 g/mol. The highest BCUT2D eigenvalue weighted by atomic mass is 35.5. The van der Waals surface area contributed by atoms with Crippen LogP contribution in [0.5, 0.6) is 0 Å². The summed E-state index contributed by atoms with van der Waals surface area (Å²) in [6, 6.07) is 20.6. The van der Waals surface area contributed by atoms with E-state index in [4.69, 9.17) is 11.6 Å². The van der Waals surface area contributed by atoms with Gasteiger partial charge in [0.05, 0.1) is 10.6 Å². The number of halogens is 1. The second-order valence-corrected chi connectivity index (χ2v) is 13.6. The molecular formula is C34H42ClN3O4S. The lowest BCUT2D eigenvalue weighted by molar-refractivity contribution is -0.140. The Morgan fingerprint density at radius 1 is 0.953 bits per heavy atom. The minimum atomic E-state index is -4.14. The molecule has 4 rings (SSSR count). The summed E-state index contributed by atoms with van der Waals surface area (Å²) in [5.74, 6) is -0.627. The number of carbonyl (C=O) groups is 2. The zero-order valence-corrected chi connectivity index (χ0v) is 26.8. The molecule has 0 unspecified atom stereocenters. The number of amides is 2. The first-order valence-electron chi connectivity index (χ1n) is 15.1. The zero-order chi connectivity index (χ0) is 31.0. The Bertz CT molecular complexity index is 1490. The minimum Gasteiger partial charge on any atom is -0.352 e. The predicted octanol–water partition coefficient (Wildman–Crippen LogP) is 6.45. The third-order valence-corrected chi connectivity index (χ3v) is 10.1. The summed E-state index contributed by atoms with van der Waals surface area (Å²) >= 11 is 6.21. The van der Waals surface area contributed by atoms with Gasteiger partial charge in [0.25, 0.3) is 10.0 Å². The van der Waals surface area contributed by atoms with Crippen molar-refractivity contribution in [3.8, 4) is 0 Å². The van der Waals surface area contributed by atoms with Crippen molar-refractivity contribution in [1.82, 2.24) is 10.2 Å². The van der Waals surface area contributed by atoms with Crippen LogP contribution in [0.1, 0.15) is 62.1 Å². The summed E-state index contributed by atoms with van der Waals surface area (Å²) in [6.45, 7) is 5.36. The molecule has 1 aliphatic carbocycles. The Labute approximate surface area is 261 Å². The van der Waals surface area contributed by atoms with Crippen molar-refractivity contribution in [3.63, 3.8) is 0 Å². The van der Waals surface area contributed by atoms with E-state index in [-0.39, 0.29) is 23.4 Å². The van der Waals surface area contributed by atoms with Crippen LogP contribution < -0.4 is 9.62 Å². The quantitative estimate of drug-likeness (QED) is 0.251. The van der Waals surface area contributed by atoms with Gasteiger partial charge in [0.15, 0.2) is 0 Å². The maximum absolute atomic E-state index is 14.3. The maximum atomic E-state index is 14.3. The molecule has 1 saturated carbocycles. The van der Waals surface area contributed by atoms with E-state index in [1.54, 1.807) is 54.3 Å². The third-order valence-electron chi connectivity index (χ3n) is 8.14. The van der Waals surface area contributed by atoms with Gasteiger partial charge in [-0.25, -0.2) is 8.42 Å². The first kappa shape index (κ1) is 32.6. The van der Waals surface area contributed by atoms with Crippen LogP contribution in [0, 0.1) is 13.8 Å². The number of anilines is 1. The molecule has 230 valence electrons. The summed E-state index contributed by atoms with van der Waals surface area (Å²) in [6.07, 6.45) is 6.11. The van der Waals surface area contributed by atoms with Gasteiger partial charge in [0.2, 0.25) is 11.8 Å². The van der Waals surface area contributed by atoms with Crippen molar-refractivity contribution in [2.45, 2.75) is 82.7 Å². The van der Waals surface area contributed by atoms with E-state index in [0.717, 1.165) is 41.1 Å². The lowest BCUT2D eigenvalue weighted by atomic mass is 9.95. The van der Waals surface area contributed by atoms with Crippen LogP contribution in [0.2, 0.25) is 5.02 Å². The van der Waals surface area contributed by atoms with Gasteiger partial charge in [-0.05, 0) is 81.0 Å². The number of hydrogen-bond acceptors (Lipinski definition) is 4. The van der Waals surface area contributed by atoms with Crippen LogP contribution in [0.3, 0.4) is 0 Å². The Morgan fingerprint density at radius 2 is 1.63 bits per heavy atom. The van der Waals surface area contributed by atoms with Crippen molar-refractivity contribution in [3.05, 3.63) is 94.5 Å². The van der Waals surface area contributed by atoms with Crippen molar-refractivity contribution in [2.75, 3.05) is 17.4 Å². The van der Waals surface area contributed by atoms with Crippen LogP contribution in [0.25, 0.3) is 0 Å². The second kappa shape index (κ2) is 14.9. The van der Waals surface area contributed by atoms with Crippen LogP contribution in [-0.2, 0) is 26.0 Å². The number of hydrogen-bond donors (Lipinski definition) is 1. The highest BCUT2D eigenvalue weighted by molar-refractivity contribution is 7.92. The average molecular weight is 624 g/mol. The highest BCUT2D eigenvalue weighted by Crippen LogP contribution is 2.29. The van der Waals surface area contributed by atoms with Crippen LogP contribution in [-0.4, -0.2) is 50.3 Å². The SMILES string of the molecule is CC[C@@H](C(=O)NC1CCCCC1)N(CCc1ccccc1)C(=O)CN(c1ccc(Cl)cc1C)S(=O)(=O)c1ccc(C)cc1. The standard InChI is InChI=1S/C34H42ClN3O4S/c1-4-31(34(40)36-29-13-9-6-10-14-29)37(22-21-27-11-7-5-8-12-27)33(39)24-38(32-20-17-28(35)23-26(32)3)43(41,42)30-18-15-25(2)16-19-30/h5,7-8,11-12,15-20,23,29,31H,4,6,9-10,13-14,21-22,24H2,1-3H3,(H,36,40)/t31-/m0/s1. The van der Waals surface area contributed by atoms with E-state index in [1.165, 1.54) is 6.42 Å².